The SMILES string of the molecule is COc1ccccc1CNc1ncc(C(=O)NCc2ccc(C)cc2)c(C)n1. The molecule has 0 fully saturated rings. The fraction of sp³-hybridized carbons (Fsp3) is 0.227. The molecule has 144 valence electrons. The second-order valence-corrected chi connectivity index (χ2v) is 6.53. The molecule has 3 aromatic rings. The summed E-state index contributed by atoms with van der Waals surface area (Å²) in [6.45, 7) is 4.83. The Kier molecular flexibility index (Phi) is 6.22. The van der Waals surface area contributed by atoms with Gasteiger partial charge in [-0.15, -0.1) is 0 Å². The average molecular weight is 376 g/mol. The molecule has 2 N–H and O–H groups in total. The number of nitrogens with zero attached hydrogens (tertiary/aromatic N) is 2. The maximum absolute atomic E-state index is 12.5. The third kappa shape index (κ3) is 4.85. The van der Waals surface area contributed by atoms with Crippen LogP contribution in [-0.2, 0) is 13.1 Å². The van der Waals surface area contributed by atoms with Gasteiger partial charge in [-0.2, -0.15) is 0 Å². The summed E-state index contributed by atoms with van der Waals surface area (Å²) in [5.41, 5.74) is 4.34. The van der Waals surface area contributed by atoms with Crippen LogP contribution in [0.5, 0.6) is 5.75 Å². The van der Waals surface area contributed by atoms with Gasteiger partial charge in [0.25, 0.3) is 5.91 Å². The highest BCUT2D eigenvalue weighted by Gasteiger charge is 2.12. The number of aryl methyl sites for hydroxylation is 2. The predicted molar refractivity (Wildman–Crippen MR) is 109 cm³/mol. The lowest BCUT2D eigenvalue weighted by molar-refractivity contribution is 0.0949. The van der Waals surface area contributed by atoms with Crippen molar-refractivity contribution >= 4 is 11.9 Å². The topological polar surface area (TPSA) is 76.1 Å². The van der Waals surface area contributed by atoms with Crippen molar-refractivity contribution in [1.82, 2.24) is 15.3 Å². The standard InChI is InChI=1S/C22H24N4O2/c1-15-8-10-17(11-9-15)12-23-21(27)19-14-25-22(26-16(19)2)24-13-18-6-4-5-7-20(18)28-3/h4-11,14H,12-13H2,1-3H3,(H,23,27)(H,24,25,26). The fourth-order valence-electron chi connectivity index (χ4n) is 2.78. The number of para-hydroxylation sites is 1. The number of aromatic nitrogens is 2. The zero-order chi connectivity index (χ0) is 19.9. The third-order valence-corrected chi connectivity index (χ3v) is 4.43. The monoisotopic (exact) mass is 376 g/mol. The molecule has 1 amide bonds. The number of rotatable bonds is 7. The molecular weight excluding hydrogens is 352 g/mol. The Bertz CT molecular complexity index is 955. The van der Waals surface area contributed by atoms with Gasteiger partial charge in [-0.3, -0.25) is 4.79 Å². The third-order valence-electron chi connectivity index (χ3n) is 4.43. The lowest BCUT2D eigenvalue weighted by atomic mass is 10.1. The first kappa shape index (κ1) is 19.4. The Labute approximate surface area is 165 Å². The van der Waals surface area contributed by atoms with Crippen molar-refractivity contribution in [2.24, 2.45) is 0 Å². The van der Waals surface area contributed by atoms with Crippen molar-refractivity contribution in [2.75, 3.05) is 12.4 Å². The minimum Gasteiger partial charge on any atom is -0.496 e. The number of hydrogen-bond acceptors (Lipinski definition) is 5. The highest BCUT2D eigenvalue weighted by molar-refractivity contribution is 5.94. The van der Waals surface area contributed by atoms with Crippen LogP contribution in [0.4, 0.5) is 5.95 Å². The normalized spacial score (nSPS) is 10.4. The van der Waals surface area contributed by atoms with Gasteiger partial charge < -0.3 is 15.4 Å². The number of carbonyl (C=O) groups is 1. The van der Waals surface area contributed by atoms with E-state index in [1.165, 1.54) is 5.56 Å². The van der Waals surface area contributed by atoms with E-state index < -0.39 is 0 Å². The Hall–Kier alpha value is -3.41. The number of methoxy groups -OCH3 is 1. The molecule has 0 aliphatic heterocycles. The van der Waals surface area contributed by atoms with Gasteiger partial charge in [0.2, 0.25) is 5.95 Å². The van der Waals surface area contributed by atoms with Crippen LogP contribution in [0.3, 0.4) is 0 Å². The van der Waals surface area contributed by atoms with Crippen LogP contribution in [0.15, 0.2) is 54.7 Å². The van der Waals surface area contributed by atoms with Gasteiger partial charge in [0.15, 0.2) is 0 Å². The number of hydrogen-bond donors (Lipinski definition) is 2. The maximum Gasteiger partial charge on any atom is 0.254 e. The zero-order valence-electron chi connectivity index (χ0n) is 16.3. The Morgan fingerprint density at radius 1 is 1.04 bits per heavy atom. The molecule has 1 aromatic heterocycles. The first-order chi connectivity index (χ1) is 13.6. The van der Waals surface area contributed by atoms with Crippen LogP contribution in [0, 0.1) is 13.8 Å². The molecule has 6 heteroatoms. The Morgan fingerprint density at radius 3 is 2.50 bits per heavy atom. The van der Waals surface area contributed by atoms with Gasteiger partial charge in [-0.25, -0.2) is 9.97 Å². The van der Waals surface area contributed by atoms with Crippen molar-refractivity contribution in [2.45, 2.75) is 26.9 Å². The highest BCUT2D eigenvalue weighted by atomic mass is 16.5. The Balaban J connectivity index is 1.61. The minimum atomic E-state index is -0.186. The van der Waals surface area contributed by atoms with E-state index in [-0.39, 0.29) is 5.91 Å². The molecule has 0 aliphatic rings. The van der Waals surface area contributed by atoms with Crippen molar-refractivity contribution in [1.29, 1.82) is 0 Å². The molecule has 0 saturated carbocycles. The van der Waals surface area contributed by atoms with Crippen molar-refractivity contribution in [3.05, 3.63) is 82.7 Å². The summed E-state index contributed by atoms with van der Waals surface area (Å²) in [6.07, 6.45) is 1.55. The van der Waals surface area contributed by atoms with Crippen LogP contribution in [0.25, 0.3) is 0 Å². The molecule has 3 rings (SSSR count). The molecule has 0 atom stereocenters. The van der Waals surface area contributed by atoms with Gasteiger partial charge in [0.1, 0.15) is 5.75 Å². The summed E-state index contributed by atoms with van der Waals surface area (Å²) < 4.78 is 5.34. The first-order valence-electron chi connectivity index (χ1n) is 9.10. The summed E-state index contributed by atoms with van der Waals surface area (Å²) in [6, 6.07) is 15.8. The summed E-state index contributed by atoms with van der Waals surface area (Å²) >= 11 is 0. The maximum atomic E-state index is 12.5. The van der Waals surface area contributed by atoms with E-state index in [9.17, 15) is 4.79 Å². The molecule has 0 unspecified atom stereocenters. The molecule has 28 heavy (non-hydrogen) atoms. The number of amides is 1. The van der Waals surface area contributed by atoms with Crippen molar-refractivity contribution < 1.29 is 9.53 Å². The van der Waals surface area contributed by atoms with E-state index in [0.717, 1.165) is 16.9 Å². The van der Waals surface area contributed by atoms with Crippen molar-refractivity contribution in [3.63, 3.8) is 0 Å². The highest BCUT2D eigenvalue weighted by Crippen LogP contribution is 2.18. The number of benzene rings is 2. The smallest absolute Gasteiger partial charge is 0.254 e. The van der Waals surface area contributed by atoms with Crippen LogP contribution in [-0.4, -0.2) is 23.0 Å². The molecule has 0 aliphatic carbocycles. The lowest BCUT2D eigenvalue weighted by Gasteiger charge is -2.11. The van der Waals surface area contributed by atoms with Crippen LogP contribution >= 0.6 is 0 Å². The molecule has 0 radical (unpaired) electrons. The van der Waals surface area contributed by atoms with E-state index >= 15 is 0 Å². The molecule has 1 heterocycles. The van der Waals surface area contributed by atoms with Gasteiger partial charge in [-0.05, 0) is 25.5 Å². The number of ether oxygens (including phenoxy) is 1. The molecule has 0 spiro atoms. The number of anilines is 1. The second kappa shape index (κ2) is 8.99. The Morgan fingerprint density at radius 2 is 1.79 bits per heavy atom. The van der Waals surface area contributed by atoms with E-state index in [1.807, 2.05) is 55.5 Å². The molecule has 0 saturated heterocycles. The molecule has 2 aromatic carbocycles. The molecule has 0 bridgehead atoms. The van der Waals surface area contributed by atoms with Crippen LogP contribution in [0.2, 0.25) is 0 Å². The quantitative estimate of drug-likeness (QED) is 0.658. The molecule has 6 nitrogen and oxygen atoms in total. The minimum absolute atomic E-state index is 0.186. The largest absolute Gasteiger partial charge is 0.496 e. The first-order valence-corrected chi connectivity index (χ1v) is 9.10. The number of carbonyl (C=O) groups excluding carboxylic acids is 1. The lowest BCUT2D eigenvalue weighted by Crippen LogP contribution is -2.24. The van der Waals surface area contributed by atoms with E-state index in [1.54, 1.807) is 20.2 Å². The average Bonchev–Trinajstić information content (AvgIpc) is 2.72. The van der Waals surface area contributed by atoms with E-state index in [0.29, 0.717) is 30.3 Å². The van der Waals surface area contributed by atoms with E-state index in [2.05, 4.69) is 20.6 Å². The summed E-state index contributed by atoms with van der Waals surface area (Å²) in [5, 5.41) is 6.08. The summed E-state index contributed by atoms with van der Waals surface area (Å²) in [7, 11) is 1.64. The van der Waals surface area contributed by atoms with Gasteiger partial charge in [-0.1, -0.05) is 48.0 Å². The van der Waals surface area contributed by atoms with Crippen LogP contribution < -0.4 is 15.4 Å². The van der Waals surface area contributed by atoms with Gasteiger partial charge in [0.05, 0.1) is 18.4 Å². The summed E-state index contributed by atoms with van der Waals surface area (Å²) in [5.74, 6) is 1.09. The van der Waals surface area contributed by atoms with Crippen molar-refractivity contribution in [3.8, 4) is 5.75 Å². The zero-order valence-corrected chi connectivity index (χ0v) is 16.3. The fourth-order valence-corrected chi connectivity index (χ4v) is 2.78. The molecular formula is C22H24N4O2. The predicted octanol–water partition coefficient (Wildman–Crippen LogP) is 3.64. The van der Waals surface area contributed by atoms with Crippen LogP contribution in [0.1, 0.15) is 32.7 Å². The van der Waals surface area contributed by atoms with Gasteiger partial charge in [0, 0.05) is 24.8 Å². The van der Waals surface area contributed by atoms with Gasteiger partial charge >= 0.3 is 0 Å². The summed E-state index contributed by atoms with van der Waals surface area (Å²) in [4.78, 5) is 21.1. The second-order valence-electron chi connectivity index (χ2n) is 6.53. The number of nitrogens with one attached hydrogen (secondary N) is 2. The van der Waals surface area contributed by atoms with E-state index in [4.69, 9.17) is 4.74 Å².